The van der Waals surface area contributed by atoms with Gasteiger partial charge in [-0.05, 0) is 0 Å². The second-order valence-electron chi connectivity index (χ2n) is 7.88. The molecule has 0 aliphatic carbocycles. The third kappa shape index (κ3) is 13.7. The second-order valence-corrected chi connectivity index (χ2v) is 12.2. The number of hydrogen-bond acceptors (Lipinski definition) is 0. The van der Waals surface area contributed by atoms with Crippen LogP contribution in [0.25, 0.3) is 0 Å². The van der Waals surface area contributed by atoms with E-state index in [0.717, 1.165) is 0 Å². The molecule has 19 heavy (non-hydrogen) atoms. The van der Waals surface area contributed by atoms with Gasteiger partial charge in [-0.1, -0.05) is 0 Å². The van der Waals surface area contributed by atoms with Crippen LogP contribution in [0.2, 0.25) is 0 Å². The summed E-state index contributed by atoms with van der Waals surface area (Å²) in [6.07, 6.45) is 0. The van der Waals surface area contributed by atoms with E-state index in [2.05, 4.69) is 91.9 Å². The minimum absolute atomic E-state index is 0.0403. The van der Waals surface area contributed by atoms with Crippen molar-refractivity contribution >= 4 is 19.8 Å². The predicted octanol–water partition coefficient (Wildman–Crippen LogP) is 4.25. The molecule has 0 unspecified atom stereocenters. The Morgan fingerprint density at radius 3 is 0.842 bits per heavy atom. The fourth-order valence-electron chi connectivity index (χ4n) is 0.844. The molecule has 0 heterocycles. The molecule has 0 aliphatic rings. The first-order valence-corrected chi connectivity index (χ1v) is 11.0. The Labute approximate surface area is 127 Å². The Morgan fingerprint density at radius 1 is 0.474 bits per heavy atom. The maximum atomic E-state index is 3.40. The third-order valence-corrected chi connectivity index (χ3v) is 4.90. The topological polar surface area (TPSA) is 0 Å². The van der Waals surface area contributed by atoms with Crippen molar-refractivity contribution in [2.75, 3.05) is 0 Å². The van der Waals surface area contributed by atoms with Gasteiger partial charge in [0.2, 0.25) is 0 Å². The first-order chi connectivity index (χ1) is 8.29. The molecule has 0 saturated heterocycles. The van der Waals surface area contributed by atoms with Gasteiger partial charge >= 0.3 is 128 Å². The molecule has 0 aromatic heterocycles. The van der Waals surface area contributed by atoms with Crippen LogP contribution in [0.3, 0.4) is 0 Å². The van der Waals surface area contributed by atoms with Gasteiger partial charge in [0.05, 0.1) is 0 Å². The molecule has 0 N–H and O–H groups in total. The van der Waals surface area contributed by atoms with Crippen molar-refractivity contribution in [1.29, 1.82) is 0 Å². The summed E-state index contributed by atoms with van der Waals surface area (Å²) in [5, 5.41) is 0. The van der Waals surface area contributed by atoms with Gasteiger partial charge in [-0.3, -0.25) is 0 Å². The first-order valence-electron chi connectivity index (χ1n) is 6.75. The molecule has 104 valence electrons. The molecule has 0 aliphatic heterocycles. The Hall–Kier alpha value is -0.521. The van der Waals surface area contributed by atoms with Crippen LogP contribution < -0.4 is 0 Å². The summed E-state index contributed by atoms with van der Waals surface area (Å²) in [6.45, 7) is 19.2. The minimum atomic E-state index is -2.22. The Bertz CT molecular complexity index is 394. The van der Waals surface area contributed by atoms with Gasteiger partial charge < -0.3 is 0 Å². The quantitative estimate of drug-likeness (QED) is 0.447. The zero-order chi connectivity index (χ0) is 15.3. The SMILES string of the molecule is CC(C)(C)C#[C][Sn-]([C]#CC(C)(C)C)[C]#CC(C)(C)C. The monoisotopic (exact) mass is 363 g/mol. The van der Waals surface area contributed by atoms with Gasteiger partial charge in [-0.25, -0.2) is 0 Å². The molecule has 0 rings (SSSR count). The van der Waals surface area contributed by atoms with Crippen molar-refractivity contribution in [1.82, 2.24) is 0 Å². The molecule has 0 nitrogen and oxygen atoms in total. The van der Waals surface area contributed by atoms with Gasteiger partial charge in [0, 0.05) is 0 Å². The van der Waals surface area contributed by atoms with Crippen molar-refractivity contribution in [3.63, 3.8) is 0 Å². The molecule has 0 radical (unpaired) electrons. The molecule has 0 amide bonds. The van der Waals surface area contributed by atoms with Gasteiger partial charge in [-0.15, -0.1) is 0 Å². The van der Waals surface area contributed by atoms with E-state index in [1.165, 1.54) is 0 Å². The molecule has 0 fully saturated rings. The molecule has 0 aromatic carbocycles. The zero-order valence-electron chi connectivity index (χ0n) is 14.0. The standard InChI is InChI=1S/3C6H9.Sn/c3*1-5-6(2,3)4;/h3*2-4H3;/q;;;-1. The molecule has 0 atom stereocenters. The van der Waals surface area contributed by atoms with Crippen molar-refractivity contribution in [3.05, 3.63) is 0 Å². The third-order valence-electron chi connectivity index (χ3n) is 1.69. The van der Waals surface area contributed by atoms with Gasteiger partial charge in [0.1, 0.15) is 0 Å². The van der Waals surface area contributed by atoms with E-state index in [1.54, 1.807) is 0 Å². The van der Waals surface area contributed by atoms with Crippen LogP contribution in [0, 0.1) is 45.8 Å². The van der Waals surface area contributed by atoms with Crippen LogP contribution in [0.5, 0.6) is 0 Å². The van der Waals surface area contributed by atoms with Crippen molar-refractivity contribution in [2.24, 2.45) is 16.2 Å². The summed E-state index contributed by atoms with van der Waals surface area (Å²) < 4.78 is 10.2. The summed E-state index contributed by atoms with van der Waals surface area (Å²) in [4.78, 5) is 0. The first kappa shape index (κ1) is 18.5. The fraction of sp³-hybridized carbons (Fsp3) is 0.667. The van der Waals surface area contributed by atoms with Crippen LogP contribution in [-0.4, -0.2) is 19.8 Å². The van der Waals surface area contributed by atoms with Crippen molar-refractivity contribution in [2.45, 2.75) is 62.3 Å². The van der Waals surface area contributed by atoms with E-state index in [4.69, 9.17) is 0 Å². The van der Waals surface area contributed by atoms with E-state index < -0.39 is 19.8 Å². The Morgan fingerprint density at radius 2 is 0.684 bits per heavy atom. The maximum absolute atomic E-state index is 3.40. The van der Waals surface area contributed by atoms with Crippen LogP contribution in [-0.2, 0) is 0 Å². The van der Waals surface area contributed by atoms with E-state index in [-0.39, 0.29) is 16.2 Å². The Kier molecular flexibility index (Phi) is 6.58. The van der Waals surface area contributed by atoms with Gasteiger partial charge in [0.25, 0.3) is 0 Å². The summed E-state index contributed by atoms with van der Waals surface area (Å²) in [6, 6.07) is 0. The van der Waals surface area contributed by atoms with Gasteiger partial charge in [-0.2, -0.15) is 0 Å². The van der Waals surface area contributed by atoms with E-state index in [9.17, 15) is 0 Å². The molecular weight excluding hydrogens is 335 g/mol. The summed E-state index contributed by atoms with van der Waals surface area (Å²) in [7, 11) is 0. The predicted molar refractivity (Wildman–Crippen MR) is 87.4 cm³/mol. The van der Waals surface area contributed by atoms with Crippen molar-refractivity contribution in [3.8, 4) is 29.6 Å². The van der Waals surface area contributed by atoms with Crippen LogP contribution in [0.15, 0.2) is 0 Å². The molecule has 1 heteroatoms. The van der Waals surface area contributed by atoms with E-state index >= 15 is 0 Å². The molecular formula is C18H27Sn-. The zero-order valence-corrected chi connectivity index (χ0v) is 16.9. The summed E-state index contributed by atoms with van der Waals surface area (Å²) in [5.41, 5.74) is 0.121. The van der Waals surface area contributed by atoms with Crippen LogP contribution >= 0.6 is 0 Å². The molecule has 0 bridgehead atoms. The fourth-order valence-corrected chi connectivity index (χ4v) is 5.66. The molecule has 0 aromatic rings. The van der Waals surface area contributed by atoms with Crippen LogP contribution in [0.4, 0.5) is 0 Å². The second kappa shape index (κ2) is 6.77. The van der Waals surface area contributed by atoms with Gasteiger partial charge in [0.15, 0.2) is 0 Å². The number of rotatable bonds is 0. The average molecular weight is 362 g/mol. The summed E-state index contributed by atoms with van der Waals surface area (Å²) >= 11 is -2.22. The van der Waals surface area contributed by atoms with E-state index in [1.807, 2.05) is 0 Å². The molecule has 0 saturated carbocycles. The summed E-state index contributed by atoms with van der Waals surface area (Å²) in [5.74, 6) is 9.98. The Balaban J connectivity index is 5.30. The van der Waals surface area contributed by atoms with Crippen molar-refractivity contribution < 1.29 is 0 Å². The average Bonchev–Trinajstić information content (AvgIpc) is 2.11. The normalized spacial score (nSPS) is 11.2. The van der Waals surface area contributed by atoms with Crippen LogP contribution in [0.1, 0.15) is 62.3 Å². The van der Waals surface area contributed by atoms with E-state index in [0.29, 0.717) is 0 Å². The molecule has 0 spiro atoms. The number of hydrogen-bond donors (Lipinski definition) is 0.